The van der Waals surface area contributed by atoms with Gasteiger partial charge in [-0.25, -0.2) is 4.98 Å². The highest BCUT2D eigenvalue weighted by Crippen LogP contribution is 2.20. The van der Waals surface area contributed by atoms with E-state index >= 15 is 0 Å². The van der Waals surface area contributed by atoms with Crippen molar-refractivity contribution in [3.63, 3.8) is 0 Å². The first-order valence-electron chi connectivity index (χ1n) is 4.55. The van der Waals surface area contributed by atoms with Gasteiger partial charge in [0, 0.05) is 13.1 Å². The van der Waals surface area contributed by atoms with Crippen molar-refractivity contribution in [2.45, 2.75) is 13.5 Å². The van der Waals surface area contributed by atoms with Crippen LogP contribution >= 0.6 is 15.9 Å². The van der Waals surface area contributed by atoms with Gasteiger partial charge in [-0.05, 0) is 40.5 Å². The van der Waals surface area contributed by atoms with Crippen LogP contribution in [0, 0.1) is 6.92 Å². The Morgan fingerprint density at radius 2 is 2.29 bits per heavy atom. The number of nitrogens with zero attached hydrogens (tertiary/aromatic N) is 2. The molecule has 3 nitrogen and oxygen atoms in total. The fraction of sp³-hybridized carbons (Fsp3) is 0.300. The van der Waals surface area contributed by atoms with E-state index in [1.165, 1.54) is 5.56 Å². The SMILES string of the molecule is Cc1ccc2nc(Br)n(CCN)c2c1. The molecule has 2 aromatic rings. The lowest BCUT2D eigenvalue weighted by molar-refractivity contribution is 0.711. The third-order valence-electron chi connectivity index (χ3n) is 2.21. The summed E-state index contributed by atoms with van der Waals surface area (Å²) >= 11 is 3.43. The van der Waals surface area contributed by atoms with Crippen LogP contribution in [-0.2, 0) is 6.54 Å². The van der Waals surface area contributed by atoms with Crippen molar-refractivity contribution in [1.82, 2.24) is 9.55 Å². The van der Waals surface area contributed by atoms with Gasteiger partial charge in [-0.3, -0.25) is 0 Å². The van der Waals surface area contributed by atoms with Gasteiger partial charge in [0.2, 0.25) is 0 Å². The molecule has 0 fully saturated rings. The van der Waals surface area contributed by atoms with Crippen LogP contribution in [0.1, 0.15) is 5.56 Å². The molecule has 0 unspecified atom stereocenters. The van der Waals surface area contributed by atoms with Crippen molar-refractivity contribution in [2.75, 3.05) is 6.54 Å². The molecule has 1 heterocycles. The Morgan fingerprint density at radius 1 is 1.50 bits per heavy atom. The quantitative estimate of drug-likeness (QED) is 0.891. The van der Waals surface area contributed by atoms with Crippen LogP contribution in [0.5, 0.6) is 0 Å². The molecule has 14 heavy (non-hydrogen) atoms. The maximum absolute atomic E-state index is 5.55. The van der Waals surface area contributed by atoms with Gasteiger partial charge in [0.25, 0.3) is 0 Å². The van der Waals surface area contributed by atoms with Crippen LogP contribution in [0.2, 0.25) is 0 Å². The van der Waals surface area contributed by atoms with Crippen molar-refractivity contribution in [3.8, 4) is 0 Å². The van der Waals surface area contributed by atoms with Crippen LogP contribution in [0.25, 0.3) is 11.0 Å². The molecule has 0 radical (unpaired) electrons. The average molecular weight is 254 g/mol. The van der Waals surface area contributed by atoms with Gasteiger partial charge in [0.15, 0.2) is 4.73 Å². The number of rotatable bonds is 2. The largest absolute Gasteiger partial charge is 0.329 e. The lowest BCUT2D eigenvalue weighted by atomic mass is 10.2. The Balaban J connectivity index is 2.66. The first-order chi connectivity index (χ1) is 6.72. The molecule has 0 saturated carbocycles. The summed E-state index contributed by atoms with van der Waals surface area (Å²) in [6.45, 7) is 3.49. The van der Waals surface area contributed by atoms with Crippen molar-refractivity contribution < 1.29 is 0 Å². The van der Waals surface area contributed by atoms with Crippen LogP contribution < -0.4 is 5.73 Å². The molecule has 0 aliphatic carbocycles. The van der Waals surface area contributed by atoms with Gasteiger partial charge in [-0.1, -0.05) is 6.07 Å². The highest BCUT2D eigenvalue weighted by atomic mass is 79.9. The van der Waals surface area contributed by atoms with E-state index in [-0.39, 0.29) is 0 Å². The third-order valence-corrected chi connectivity index (χ3v) is 2.82. The topological polar surface area (TPSA) is 43.8 Å². The van der Waals surface area contributed by atoms with E-state index in [4.69, 9.17) is 5.73 Å². The Labute approximate surface area is 91.1 Å². The van der Waals surface area contributed by atoms with Gasteiger partial charge in [0.1, 0.15) is 0 Å². The van der Waals surface area contributed by atoms with Crippen LogP contribution in [0.15, 0.2) is 22.9 Å². The predicted molar refractivity (Wildman–Crippen MR) is 61.2 cm³/mol. The Kier molecular flexibility index (Phi) is 2.56. The minimum absolute atomic E-state index is 0.623. The minimum atomic E-state index is 0.623. The van der Waals surface area contributed by atoms with Gasteiger partial charge in [0.05, 0.1) is 11.0 Å². The molecule has 2 N–H and O–H groups in total. The number of aromatic nitrogens is 2. The van der Waals surface area contributed by atoms with Crippen molar-refractivity contribution in [2.24, 2.45) is 5.73 Å². The zero-order valence-electron chi connectivity index (χ0n) is 8.00. The van der Waals surface area contributed by atoms with Gasteiger partial charge in [-0.15, -0.1) is 0 Å². The second-order valence-corrected chi connectivity index (χ2v) is 4.02. The molecule has 74 valence electrons. The smallest absolute Gasteiger partial charge is 0.178 e. The Morgan fingerprint density at radius 3 is 3.00 bits per heavy atom. The molecule has 1 aromatic heterocycles. The van der Waals surface area contributed by atoms with Gasteiger partial charge in [-0.2, -0.15) is 0 Å². The first kappa shape index (κ1) is 9.68. The number of benzene rings is 1. The summed E-state index contributed by atoms with van der Waals surface area (Å²) in [7, 11) is 0. The third kappa shape index (κ3) is 1.55. The lowest BCUT2D eigenvalue weighted by Gasteiger charge is -2.03. The summed E-state index contributed by atoms with van der Waals surface area (Å²) in [5.74, 6) is 0. The molecule has 0 aliphatic rings. The molecular formula is C10H12BrN3. The number of fused-ring (bicyclic) bond motifs is 1. The Hall–Kier alpha value is -0.870. The second-order valence-electron chi connectivity index (χ2n) is 3.31. The molecule has 0 atom stereocenters. The highest BCUT2D eigenvalue weighted by Gasteiger charge is 2.06. The molecular weight excluding hydrogens is 242 g/mol. The van der Waals surface area contributed by atoms with Gasteiger partial charge < -0.3 is 10.3 Å². The van der Waals surface area contributed by atoms with E-state index in [1.807, 2.05) is 6.07 Å². The fourth-order valence-electron chi connectivity index (χ4n) is 1.55. The van der Waals surface area contributed by atoms with E-state index in [9.17, 15) is 0 Å². The van der Waals surface area contributed by atoms with E-state index in [0.29, 0.717) is 6.54 Å². The molecule has 0 saturated heterocycles. The number of nitrogens with two attached hydrogens (primary N) is 1. The monoisotopic (exact) mass is 253 g/mol. The molecule has 0 bridgehead atoms. The summed E-state index contributed by atoms with van der Waals surface area (Å²) < 4.78 is 2.94. The molecule has 2 rings (SSSR count). The summed E-state index contributed by atoms with van der Waals surface area (Å²) in [5, 5.41) is 0. The summed E-state index contributed by atoms with van der Waals surface area (Å²) in [4.78, 5) is 4.40. The molecule has 1 aromatic carbocycles. The summed E-state index contributed by atoms with van der Waals surface area (Å²) in [6.07, 6.45) is 0. The second kappa shape index (κ2) is 3.71. The number of imidazole rings is 1. The van der Waals surface area contributed by atoms with Crippen molar-refractivity contribution in [1.29, 1.82) is 0 Å². The van der Waals surface area contributed by atoms with E-state index in [2.05, 4.69) is 44.5 Å². The first-order valence-corrected chi connectivity index (χ1v) is 5.34. The fourth-order valence-corrected chi connectivity index (χ4v) is 2.10. The summed E-state index contributed by atoms with van der Waals surface area (Å²) in [6, 6.07) is 6.22. The van der Waals surface area contributed by atoms with E-state index < -0.39 is 0 Å². The highest BCUT2D eigenvalue weighted by molar-refractivity contribution is 9.10. The van der Waals surface area contributed by atoms with Crippen molar-refractivity contribution >= 4 is 27.0 Å². The average Bonchev–Trinajstić information content (AvgIpc) is 2.45. The number of halogens is 1. The predicted octanol–water partition coefficient (Wildman–Crippen LogP) is 2.07. The normalized spacial score (nSPS) is 11.1. The van der Waals surface area contributed by atoms with Crippen LogP contribution in [0.4, 0.5) is 0 Å². The maximum Gasteiger partial charge on any atom is 0.178 e. The van der Waals surface area contributed by atoms with Crippen LogP contribution in [0.3, 0.4) is 0 Å². The summed E-state index contributed by atoms with van der Waals surface area (Å²) in [5.41, 5.74) is 8.94. The van der Waals surface area contributed by atoms with E-state index in [1.54, 1.807) is 0 Å². The number of hydrogen-bond donors (Lipinski definition) is 1. The zero-order chi connectivity index (χ0) is 10.1. The minimum Gasteiger partial charge on any atom is -0.329 e. The van der Waals surface area contributed by atoms with Crippen LogP contribution in [-0.4, -0.2) is 16.1 Å². The standard InChI is InChI=1S/C10H12BrN3/c1-7-2-3-8-9(6-7)14(5-4-12)10(11)13-8/h2-3,6H,4-5,12H2,1H3. The maximum atomic E-state index is 5.55. The molecule has 0 aliphatic heterocycles. The molecule has 4 heteroatoms. The van der Waals surface area contributed by atoms with E-state index in [0.717, 1.165) is 22.3 Å². The van der Waals surface area contributed by atoms with Gasteiger partial charge >= 0.3 is 0 Å². The lowest BCUT2D eigenvalue weighted by Crippen LogP contribution is -2.09. The van der Waals surface area contributed by atoms with Crippen molar-refractivity contribution in [3.05, 3.63) is 28.5 Å². The Bertz CT molecular complexity index is 462. The number of hydrogen-bond acceptors (Lipinski definition) is 2. The molecule has 0 amide bonds. The zero-order valence-corrected chi connectivity index (χ0v) is 9.58. The molecule has 0 spiro atoms. The number of aryl methyl sites for hydroxylation is 1.